The number of anilines is 2. The maximum atomic E-state index is 13.5. The molecule has 1 aliphatic heterocycles. The number of carbonyl (C=O) groups is 1. The largest absolute Gasteiger partial charge is 0.398 e. The van der Waals surface area contributed by atoms with Crippen LogP contribution >= 0.6 is 0 Å². The normalized spacial score (nSPS) is 16.0. The summed E-state index contributed by atoms with van der Waals surface area (Å²) in [4.78, 5) is 46.1. The van der Waals surface area contributed by atoms with Crippen molar-refractivity contribution in [2.24, 2.45) is 12.8 Å². The van der Waals surface area contributed by atoms with Crippen molar-refractivity contribution in [3.63, 3.8) is 0 Å². The Morgan fingerprint density at radius 1 is 1.24 bits per heavy atom. The first-order chi connectivity index (χ1) is 15.8. The topological polar surface area (TPSA) is 134 Å². The monoisotopic (exact) mass is 449 g/mol. The first kappa shape index (κ1) is 22.4. The summed E-state index contributed by atoms with van der Waals surface area (Å²) >= 11 is 0. The Morgan fingerprint density at radius 2 is 2.00 bits per heavy atom. The van der Waals surface area contributed by atoms with Gasteiger partial charge < -0.3 is 16.4 Å². The lowest BCUT2D eigenvalue weighted by Crippen LogP contribution is -2.44. The molecule has 172 valence electrons. The third-order valence-electron chi connectivity index (χ3n) is 5.93. The van der Waals surface area contributed by atoms with E-state index in [1.54, 1.807) is 35.8 Å². The van der Waals surface area contributed by atoms with Crippen LogP contribution in [0.4, 0.5) is 11.6 Å². The summed E-state index contributed by atoms with van der Waals surface area (Å²) in [5, 5.41) is 0. The second-order valence-electron chi connectivity index (χ2n) is 8.19. The van der Waals surface area contributed by atoms with Crippen molar-refractivity contribution in [3.05, 3.63) is 50.7 Å². The van der Waals surface area contributed by atoms with E-state index in [9.17, 15) is 14.4 Å². The molecular formula is C23H27N7O3. The predicted octanol–water partition coefficient (Wildman–Crippen LogP) is 0.313. The van der Waals surface area contributed by atoms with Gasteiger partial charge >= 0.3 is 5.69 Å². The molecule has 4 N–H and O–H groups in total. The highest BCUT2D eigenvalue weighted by Gasteiger charge is 2.26. The number of imidazole rings is 1. The molecule has 0 spiro atoms. The van der Waals surface area contributed by atoms with Gasteiger partial charge in [-0.1, -0.05) is 18.1 Å². The molecule has 0 amide bonds. The fraction of sp³-hybridized carbons (Fsp3) is 0.391. The van der Waals surface area contributed by atoms with Crippen LogP contribution < -0.4 is 27.6 Å². The second kappa shape index (κ2) is 8.96. The lowest BCUT2D eigenvalue weighted by atomic mass is 10.1. The van der Waals surface area contributed by atoms with Gasteiger partial charge in [0.1, 0.15) is 0 Å². The minimum atomic E-state index is -0.622. The van der Waals surface area contributed by atoms with E-state index in [-0.39, 0.29) is 29.3 Å². The van der Waals surface area contributed by atoms with Gasteiger partial charge in [0.2, 0.25) is 5.95 Å². The Kier molecular flexibility index (Phi) is 6.07. The van der Waals surface area contributed by atoms with Crippen LogP contribution in [0.5, 0.6) is 0 Å². The maximum absolute atomic E-state index is 13.5. The number of para-hydroxylation sites is 1. The Hall–Kier alpha value is -3.84. The van der Waals surface area contributed by atoms with Gasteiger partial charge in [0.05, 0.1) is 13.1 Å². The van der Waals surface area contributed by atoms with E-state index >= 15 is 0 Å². The highest BCUT2D eigenvalue weighted by atomic mass is 16.2. The van der Waals surface area contributed by atoms with Crippen LogP contribution in [0.2, 0.25) is 0 Å². The molecule has 2 aromatic heterocycles. The molecule has 1 saturated heterocycles. The number of piperidine rings is 1. The Labute approximate surface area is 190 Å². The minimum Gasteiger partial charge on any atom is -0.398 e. The second-order valence-corrected chi connectivity index (χ2v) is 8.19. The van der Waals surface area contributed by atoms with Crippen LogP contribution in [-0.2, 0) is 20.1 Å². The molecule has 1 unspecified atom stereocenters. The molecule has 1 fully saturated rings. The van der Waals surface area contributed by atoms with Gasteiger partial charge in [0.25, 0.3) is 5.56 Å². The zero-order valence-corrected chi connectivity index (χ0v) is 18.7. The van der Waals surface area contributed by atoms with Crippen molar-refractivity contribution >= 4 is 28.6 Å². The van der Waals surface area contributed by atoms with Gasteiger partial charge in [-0.15, -0.1) is 5.92 Å². The highest BCUT2D eigenvalue weighted by Crippen LogP contribution is 2.23. The van der Waals surface area contributed by atoms with Crippen molar-refractivity contribution in [1.29, 1.82) is 0 Å². The molecule has 0 radical (unpaired) electrons. The number of aromatic nitrogens is 4. The number of nitrogens with zero attached hydrogens (tertiary/aromatic N) is 5. The van der Waals surface area contributed by atoms with Crippen molar-refractivity contribution < 1.29 is 4.79 Å². The van der Waals surface area contributed by atoms with Crippen molar-refractivity contribution in [1.82, 2.24) is 18.7 Å². The van der Waals surface area contributed by atoms with Gasteiger partial charge in [-0.2, -0.15) is 4.98 Å². The molecule has 0 aliphatic carbocycles. The number of benzene rings is 1. The summed E-state index contributed by atoms with van der Waals surface area (Å²) < 4.78 is 3.94. The number of rotatable bonds is 5. The van der Waals surface area contributed by atoms with E-state index < -0.39 is 23.6 Å². The standard InChI is InChI=1S/C23H27N7O3/c1-3-4-12-29-19-20(26-22(29)28-11-7-8-15(24)13-28)27(2)23(33)30(21(19)32)14-18(31)16-9-5-6-10-17(16)25/h5-6,9-10,15H,7-8,11-14,24-25H2,1-2H3. The van der Waals surface area contributed by atoms with Gasteiger partial charge in [0.15, 0.2) is 16.9 Å². The summed E-state index contributed by atoms with van der Waals surface area (Å²) in [6, 6.07) is 6.57. The fourth-order valence-electron chi connectivity index (χ4n) is 4.22. The number of hydrogen-bond acceptors (Lipinski definition) is 7. The van der Waals surface area contributed by atoms with Gasteiger partial charge in [-0.25, -0.2) is 4.79 Å². The average molecular weight is 450 g/mol. The molecule has 3 heterocycles. The number of nitrogen functional groups attached to an aromatic ring is 1. The Bertz CT molecular complexity index is 1400. The van der Waals surface area contributed by atoms with E-state index in [4.69, 9.17) is 11.5 Å². The average Bonchev–Trinajstić information content (AvgIpc) is 3.19. The quantitative estimate of drug-likeness (QED) is 0.325. The first-order valence-electron chi connectivity index (χ1n) is 10.8. The number of Topliss-reactive ketones (excluding diaryl/α,β-unsaturated/α-hetero) is 1. The molecule has 0 bridgehead atoms. The van der Waals surface area contributed by atoms with Crippen LogP contribution in [0, 0.1) is 11.8 Å². The lowest BCUT2D eigenvalue weighted by molar-refractivity contribution is 0.0969. The summed E-state index contributed by atoms with van der Waals surface area (Å²) in [5.41, 5.74) is 11.9. The third-order valence-corrected chi connectivity index (χ3v) is 5.93. The summed E-state index contributed by atoms with van der Waals surface area (Å²) in [6.45, 7) is 2.85. The zero-order chi connectivity index (χ0) is 23.7. The molecular weight excluding hydrogens is 422 g/mol. The van der Waals surface area contributed by atoms with E-state index in [0.717, 1.165) is 24.0 Å². The number of aryl methyl sites for hydroxylation is 1. The number of fused-ring (bicyclic) bond motifs is 1. The highest BCUT2D eigenvalue weighted by molar-refractivity contribution is 6.00. The number of hydrogen-bond donors (Lipinski definition) is 2. The fourth-order valence-corrected chi connectivity index (χ4v) is 4.22. The molecule has 10 heteroatoms. The smallest absolute Gasteiger partial charge is 0.332 e. The molecule has 0 saturated carbocycles. The number of ketones is 1. The van der Waals surface area contributed by atoms with Crippen molar-refractivity contribution in [2.75, 3.05) is 23.7 Å². The third kappa shape index (κ3) is 4.03. The molecule has 4 rings (SSSR count). The molecule has 1 aromatic carbocycles. The van der Waals surface area contributed by atoms with Crippen molar-refractivity contribution in [2.45, 2.75) is 38.9 Å². The lowest BCUT2D eigenvalue weighted by Gasteiger charge is -2.31. The van der Waals surface area contributed by atoms with Crippen LogP contribution in [0.1, 0.15) is 30.1 Å². The van der Waals surface area contributed by atoms with E-state index in [2.05, 4.69) is 16.8 Å². The van der Waals surface area contributed by atoms with Crippen LogP contribution in [0.25, 0.3) is 11.2 Å². The van der Waals surface area contributed by atoms with Crippen LogP contribution in [0.15, 0.2) is 33.9 Å². The Morgan fingerprint density at radius 3 is 2.70 bits per heavy atom. The van der Waals surface area contributed by atoms with E-state index in [0.29, 0.717) is 18.2 Å². The maximum Gasteiger partial charge on any atom is 0.332 e. The molecule has 10 nitrogen and oxygen atoms in total. The summed E-state index contributed by atoms with van der Waals surface area (Å²) in [7, 11) is 1.54. The SMILES string of the molecule is CC#CCn1c(N2CCCC(N)C2)nc2c1c(=O)n(CC(=O)c1ccccc1N)c(=O)n2C. The Balaban J connectivity index is 1.89. The van der Waals surface area contributed by atoms with Gasteiger partial charge in [0, 0.05) is 37.4 Å². The molecule has 3 aromatic rings. The number of nitrogens with two attached hydrogens (primary N) is 2. The molecule has 1 atom stereocenters. The van der Waals surface area contributed by atoms with Crippen LogP contribution in [0.3, 0.4) is 0 Å². The van der Waals surface area contributed by atoms with E-state index in [1.165, 1.54) is 11.6 Å². The molecule has 1 aliphatic rings. The number of carbonyl (C=O) groups excluding carboxylic acids is 1. The predicted molar refractivity (Wildman–Crippen MR) is 127 cm³/mol. The van der Waals surface area contributed by atoms with Crippen molar-refractivity contribution in [3.8, 4) is 11.8 Å². The van der Waals surface area contributed by atoms with Gasteiger partial charge in [-0.05, 0) is 31.9 Å². The zero-order valence-electron chi connectivity index (χ0n) is 18.7. The molecule has 33 heavy (non-hydrogen) atoms. The van der Waals surface area contributed by atoms with Crippen LogP contribution in [-0.4, -0.2) is 43.6 Å². The van der Waals surface area contributed by atoms with E-state index in [1.807, 2.05) is 4.90 Å². The minimum absolute atomic E-state index is 0.00120. The summed E-state index contributed by atoms with van der Waals surface area (Å²) in [6.07, 6.45) is 1.82. The first-order valence-corrected chi connectivity index (χ1v) is 10.8. The summed E-state index contributed by atoms with van der Waals surface area (Å²) in [5.74, 6) is 5.95. The van der Waals surface area contributed by atoms with Gasteiger partial charge in [-0.3, -0.25) is 23.3 Å².